The summed E-state index contributed by atoms with van der Waals surface area (Å²) >= 11 is 5.99. The largest absolute Gasteiger partial charge is 0.486 e. The van der Waals surface area contributed by atoms with Crippen molar-refractivity contribution in [1.29, 1.82) is 0 Å². The van der Waals surface area contributed by atoms with E-state index in [0.29, 0.717) is 36.8 Å². The molecule has 1 fully saturated rings. The maximum atomic E-state index is 13.0. The molecular formula is C21H18ClNO3. The minimum Gasteiger partial charge on any atom is -0.486 e. The molecule has 2 heterocycles. The van der Waals surface area contributed by atoms with E-state index in [2.05, 4.69) is 12.1 Å². The molecule has 1 aliphatic carbocycles. The van der Waals surface area contributed by atoms with Crippen LogP contribution in [0.3, 0.4) is 0 Å². The van der Waals surface area contributed by atoms with Crippen LogP contribution in [-0.2, 0) is 0 Å². The molecule has 0 aromatic heterocycles. The third-order valence-corrected chi connectivity index (χ3v) is 5.65. The molecule has 2 aromatic rings. The summed E-state index contributed by atoms with van der Waals surface area (Å²) < 4.78 is 11.1. The monoisotopic (exact) mass is 367 g/mol. The van der Waals surface area contributed by atoms with Gasteiger partial charge >= 0.3 is 0 Å². The van der Waals surface area contributed by atoms with Crippen LogP contribution in [0.4, 0.5) is 0 Å². The minimum atomic E-state index is 0.0668. The van der Waals surface area contributed by atoms with Gasteiger partial charge in [0.25, 0.3) is 5.91 Å². The number of nitrogens with zero attached hydrogens (tertiary/aromatic N) is 1. The lowest BCUT2D eigenvalue weighted by Gasteiger charge is -2.28. The average Bonchev–Trinajstić information content (AvgIpc) is 3.28. The Balaban J connectivity index is 1.38. The fourth-order valence-electron chi connectivity index (χ4n) is 4.13. The number of amides is 1. The second kappa shape index (κ2) is 6.06. The molecule has 1 unspecified atom stereocenters. The van der Waals surface area contributed by atoms with Crippen molar-refractivity contribution in [3.8, 4) is 11.5 Å². The highest BCUT2D eigenvalue weighted by molar-refractivity contribution is 6.30. The molecule has 5 heteroatoms. The predicted octanol–water partition coefficient (Wildman–Crippen LogP) is 4.18. The Hall–Kier alpha value is -2.46. The predicted molar refractivity (Wildman–Crippen MR) is 99.9 cm³/mol. The van der Waals surface area contributed by atoms with E-state index < -0.39 is 0 Å². The molecule has 0 N–H and O–H groups in total. The molecule has 3 aliphatic rings. The number of rotatable bonds is 2. The van der Waals surface area contributed by atoms with Gasteiger partial charge in [-0.3, -0.25) is 4.79 Å². The lowest BCUT2D eigenvalue weighted by atomic mass is 9.99. The summed E-state index contributed by atoms with van der Waals surface area (Å²) in [5.41, 5.74) is 4.62. The molecule has 4 nitrogen and oxygen atoms in total. The Morgan fingerprint density at radius 1 is 1.00 bits per heavy atom. The number of carbonyl (C=O) groups is 1. The Morgan fingerprint density at radius 2 is 1.77 bits per heavy atom. The van der Waals surface area contributed by atoms with Crippen LogP contribution in [0.5, 0.6) is 11.5 Å². The lowest BCUT2D eigenvalue weighted by molar-refractivity contribution is 0.0738. The topological polar surface area (TPSA) is 38.8 Å². The Morgan fingerprint density at radius 3 is 2.50 bits per heavy atom. The van der Waals surface area contributed by atoms with Gasteiger partial charge in [-0.25, -0.2) is 0 Å². The number of benzene rings is 2. The smallest absolute Gasteiger partial charge is 0.254 e. The normalized spacial score (nSPS) is 20.7. The van der Waals surface area contributed by atoms with Gasteiger partial charge in [0.1, 0.15) is 13.2 Å². The molecule has 132 valence electrons. The quantitative estimate of drug-likeness (QED) is 0.799. The van der Waals surface area contributed by atoms with Crippen LogP contribution in [0, 0.1) is 0 Å². The Labute approximate surface area is 157 Å². The van der Waals surface area contributed by atoms with Crippen molar-refractivity contribution in [2.45, 2.75) is 18.9 Å². The first kappa shape index (κ1) is 15.8. The van der Waals surface area contributed by atoms with E-state index >= 15 is 0 Å². The molecule has 1 amide bonds. The molecule has 5 rings (SSSR count). The van der Waals surface area contributed by atoms with Gasteiger partial charge in [0, 0.05) is 23.2 Å². The van der Waals surface area contributed by atoms with Gasteiger partial charge in [-0.1, -0.05) is 23.7 Å². The summed E-state index contributed by atoms with van der Waals surface area (Å²) in [5.74, 6) is 1.44. The van der Waals surface area contributed by atoms with Crippen LogP contribution >= 0.6 is 11.6 Å². The average molecular weight is 368 g/mol. The van der Waals surface area contributed by atoms with Crippen molar-refractivity contribution in [2.24, 2.45) is 0 Å². The number of likely N-dealkylation sites (tertiary alicyclic amines) is 1. The maximum absolute atomic E-state index is 13.0. The standard InChI is InChI=1S/C21H18ClNO3/c22-16-4-1-13(2-5-16)18-11-17-9-15(18)12-23(17)21(24)14-3-6-19-20(10-14)26-8-7-25-19/h1-6,10,17H,7-9,11-12H2. The molecule has 1 saturated heterocycles. The van der Waals surface area contributed by atoms with E-state index in [1.807, 2.05) is 29.2 Å². The lowest BCUT2D eigenvalue weighted by Crippen LogP contribution is -2.37. The van der Waals surface area contributed by atoms with Crippen molar-refractivity contribution in [3.05, 3.63) is 64.2 Å². The molecule has 0 saturated carbocycles. The first-order valence-corrected chi connectivity index (χ1v) is 9.24. The number of hydrogen-bond acceptors (Lipinski definition) is 3. The van der Waals surface area contributed by atoms with Gasteiger partial charge in [-0.2, -0.15) is 0 Å². The van der Waals surface area contributed by atoms with Gasteiger partial charge in [-0.05, 0) is 59.9 Å². The van der Waals surface area contributed by atoms with Gasteiger partial charge in [0.15, 0.2) is 11.5 Å². The molecule has 2 aromatic carbocycles. The van der Waals surface area contributed by atoms with Gasteiger partial charge < -0.3 is 14.4 Å². The van der Waals surface area contributed by atoms with Crippen molar-refractivity contribution >= 4 is 23.1 Å². The summed E-state index contributed by atoms with van der Waals surface area (Å²) in [5, 5.41) is 0.748. The number of halogens is 1. The molecule has 0 spiro atoms. The fraction of sp³-hybridized carbons (Fsp3) is 0.286. The zero-order valence-corrected chi connectivity index (χ0v) is 15.0. The van der Waals surface area contributed by atoms with E-state index in [9.17, 15) is 4.79 Å². The SMILES string of the molecule is O=C(c1ccc2c(c1)OCCO2)N1CC2=C(c3ccc(Cl)cc3)CC1C2. The second-order valence-corrected chi connectivity index (χ2v) is 7.38. The third-order valence-electron chi connectivity index (χ3n) is 5.39. The zero-order chi connectivity index (χ0) is 17.7. The summed E-state index contributed by atoms with van der Waals surface area (Å²) in [6.45, 7) is 1.78. The number of ether oxygens (including phenoxy) is 2. The van der Waals surface area contributed by atoms with Crippen molar-refractivity contribution in [3.63, 3.8) is 0 Å². The van der Waals surface area contributed by atoms with Crippen LogP contribution in [-0.4, -0.2) is 36.6 Å². The minimum absolute atomic E-state index is 0.0668. The van der Waals surface area contributed by atoms with Crippen LogP contribution in [0.2, 0.25) is 5.02 Å². The number of carbonyl (C=O) groups excluding carboxylic acids is 1. The highest BCUT2D eigenvalue weighted by Crippen LogP contribution is 2.43. The summed E-state index contributed by atoms with van der Waals surface area (Å²) in [6, 6.07) is 13.7. The zero-order valence-electron chi connectivity index (χ0n) is 14.2. The molecule has 1 atom stereocenters. The van der Waals surface area contributed by atoms with Crippen LogP contribution < -0.4 is 9.47 Å². The van der Waals surface area contributed by atoms with E-state index in [-0.39, 0.29) is 11.9 Å². The first-order valence-electron chi connectivity index (χ1n) is 8.86. The Bertz CT molecular complexity index is 919. The van der Waals surface area contributed by atoms with E-state index in [0.717, 1.165) is 17.9 Å². The summed E-state index contributed by atoms with van der Waals surface area (Å²) in [6.07, 6.45) is 1.88. The van der Waals surface area contributed by atoms with Crippen LogP contribution in [0.15, 0.2) is 48.0 Å². The number of fused-ring (bicyclic) bond motifs is 3. The summed E-state index contributed by atoms with van der Waals surface area (Å²) in [7, 11) is 0. The Kier molecular flexibility index (Phi) is 3.68. The van der Waals surface area contributed by atoms with E-state index in [4.69, 9.17) is 21.1 Å². The highest BCUT2D eigenvalue weighted by atomic mass is 35.5. The third kappa shape index (κ3) is 2.56. The van der Waals surface area contributed by atoms with Crippen LogP contribution in [0.25, 0.3) is 5.57 Å². The van der Waals surface area contributed by atoms with Gasteiger partial charge in [0.05, 0.1) is 0 Å². The molecule has 0 radical (unpaired) electrons. The summed E-state index contributed by atoms with van der Waals surface area (Å²) in [4.78, 5) is 15.0. The highest BCUT2D eigenvalue weighted by Gasteiger charge is 2.39. The van der Waals surface area contributed by atoms with Gasteiger partial charge in [-0.15, -0.1) is 0 Å². The fourth-order valence-corrected chi connectivity index (χ4v) is 4.25. The molecule has 2 bridgehead atoms. The molecule has 2 aliphatic heterocycles. The van der Waals surface area contributed by atoms with E-state index in [1.165, 1.54) is 16.7 Å². The van der Waals surface area contributed by atoms with Crippen LogP contribution in [0.1, 0.15) is 28.8 Å². The van der Waals surface area contributed by atoms with Crippen molar-refractivity contribution in [1.82, 2.24) is 4.90 Å². The maximum Gasteiger partial charge on any atom is 0.254 e. The molecule has 26 heavy (non-hydrogen) atoms. The van der Waals surface area contributed by atoms with E-state index in [1.54, 1.807) is 6.07 Å². The van der Waals surface area contributed by atoms with Gasteiger partial charge in [0.2, 0.25) is 0 Å². The second-order valence-electron chi connectivity index (χ2n) is 6.94. The van der Waals surface area contributed by atoms with Crippen molar-refractivity contribution in [2.75, 3.05) is 19.8 Å². The molecular weight excluding hydrogens is 350 g/mol. The number of hydrogen-bond donors (Lipinski definition) is 0. The van der Waals surface area contributed by atoms with Crippen molar-refractivity contribution < 1.29 is 14.3 Å². The first-order chi connectivity index (χ1) is 12.7.